The third kappa shape index (κ3) is 4.36. The molecule has 0 fully saturated rings. The Hall–Kier alpha value is -2.86. The van der Waals surface area contributed by atoms with Gasteiger partial charge in [0.25, 0.3) is 0 Å². The fourth-order valence-electron chi connectivity index (χ4n) is 2.36. The summed E-state index contributed by atoms with van der Waals surface area (Å²) in [6, 6.07) is 18.1. The molecule has 0 radical (unpaired) electrons. The van der Waals surface area contributed by atoms with Gasteiger partial charge in [-0.25, -0.2) is 4.98 Å². The zero-order valence-corrected chi connectivity index (χ0v) is 14.5. The predicted octanol–water partition coefficient (Wildman–Crippen LogP) is 2.97. The lowest BCUT2D eigenvalue weighted by Gasteiger charge is -2.08. The summed E-state index contributed by atoms with van der Waals surface area (Å²) in [5.41, 5.74) is 2.77. The molecular formula is C19H17N2O3S-. The van der Waals surface area contributed by atoms with Crippen molar-refractivity contribution in [2.45, 2.75) is 6.92 Å². The van der Waals surface area contributed by atoms with E-state index in [0.717, 1.165) is 22.6 Å². The molecule has 6 heteroatoms. The number of carboxylic acid groups (broad SMARTS) is 1. The number of nitrogens with one attached hydrogen (secondary N) is 1. The van der Waals surface area contributed by atoms with Gasteiger partial charge in [0.15, 0.2) is 5.13 Å². The fraction of sp³-hybridized carbons (Fsp3) is 0.158. The van der Waals surface area contributed by atoms with Crippen LogP contribution in [0.3, 0.4) is 0 Å². The number of ether oxygens (including phenoxy) is 1. The summed E-state index contributed by atoms with van der Waals surface area (Å²) >= 11 is 1.07. The van der Waals surface area contributed by atoms with Crippen LogP contribution in [0, 0.1) is 6.92 Å². The first kappa shape index (κ1) is 17.0. The standard InChI is InChI=1S/C19H18N2O3S/c1-13-17(18(22)23)25-19(21-13)20-11-12-24-16-9-7-15(8-10-16)14-5-3-2-4-6-14/h2-10H,11-12H2,1H3,(H,20,21)(H,22,23)/p-1. The van der Waals surface area contributed by atoms with Crippen molar-refractivity contribution >= 4 is 22.4 Å². The number of hydrogen-bond acceptors (Lipinski definition) is 6. The van der Waals surface area contributed by atoms with Gasteiger partial charge in [-0.2, -0.15) is 0 Å². The van der Waals surface area contributed by atoms with E-state index in [0.29, 0.717) is 24.0 Å². The van der Waals surface area contributed by atoms with E-state index in [-0.39, 0.29) is 4.88 Å². The van der Waals surface area contributed by atoms with Gasteiger partial charge in [-0.1, -0.05) is 53.8 Å². The maximum atomic E-state index is 10.9. The maximum Gasteiger partial charge on any atom is 0.183 e. The molecule has 0 amide bonds. The molecule has 1 aromatic heterocycles. The molecule has 5 nitrogen and oxygen atoms in total. The summed E-state index contributed by atoms with van der Waals surface area (Å²) < 4.78 is 5.69. The number of nitrogens with zero attached hydrogens (tertiary/aromatic N) is 1. The first-order valence-corrected chi connectivity index (χ1v) is 8.66. The maximum absolute atomic E-state index is 10.9. The minimum absolute atomic E-state index is 0.153. The number of carboxylic acids is 1. The third-order valence-corrected chi connectivity index (χ3v) is 4.69. The van der Waals surface area contributed by atoms with E-state index in [1.807, 2.05) is 42.5 Å². The second-order valence-corrected chi connectivity index (χ2v) is 6.39. The Morgan fingerprint density at radius 3 is 2.44 bits per heavy atom. The molecule has 2 aromatic carbocycles. The molecular weight excluding hydrogens is 336 g/mol. The number of aromatic carboxylic acids is 1. The van der Waals surface area contributed by atoms with Gasteiger partial charge in [-0.3, -0.25) is 0 Å². The number of carbonyl (C=O) groups is 1. The van der Waals surface area contributed by atoms with Crippen LogP contribution in [0.2, 0.25) is 0 Å². The largest absolute Gasteiger partial charge is 0.544 e. The average Bonchev–Trinajstić information content (AvgIpc) is 3.01. The lowest BCUT2D eigenvalue weighted by Crippen LogP contribution is -2.21. The van der Waals surface area contributed by atoms with Crippen LogP contribution in [0.25, 0.3) is 11.1 Å². The van der Waals surface area contributed by atoms with Crippen LogP contribution in [0.1, 0.15) is 15.4 Å². The normalized spacial score (nSPS) is 10.4. The Morgan fingerprint density at radius 1 is 1.12 bits per heavy atom. The minimum Gasteiger partial charge on any atom is -0.544 e. The van der Waals surface area contributed by atoms with Gasteiger partial charge >= 0.3 is 0 Å². The van der Waals surface area contributed by atoms with Gasteiger partial charge < -0.3 is 20.0 Å². The topological polar surface area (TPSA) is 74.3 Å². The monoisotopic (exact) mass is 353 g/mol. The van der Waals surface area contributed by atoms with Gasteiger partial charge in [0, 0.05) is 0 Å². The van der Waals surface area contributed by atoms with Crippen LogP contribution in [-0.2, 0) is 0 Å². The molecule has 3 aromatic rings. The second kappa shape index (κ2) is 7.81. The van der Waals surface area contributed by atoms with Crippen molar-refractivity contribution in [1.29, 1.82) is 0 Å². The Labute approximate surface area is 149 Å². The lowest BCUT2D eigenvalue weighted by atomic mass is 10.1. The minimum atomic E-state index is -1.20. The van der Waals surface area contributed by atoms with Gasteiger partial charge in [0.05, 0.1) is 23.1 Å². The molecule has 0 atom stereocenters. The molecule has 0 aliphatic carbocycles. The average molecular weight is 353 g/mol. The highest BCUT2D eigenvalue weighted by Crippen LogP contribution is 2.23. The van der Waals surface area contributed by atoms with Crippen molar-refractivity contribution in [1.82, 2.24) is 4.98 Å². The first-order chi connectivity index (χ1) is 12.1. The molecule has 128 valence electrons. The molecule has 0 saturated heterocycles. The van der Waals surface area contributed by atoms with Crippen LogP contribution in [0.15, 0.2) is 54.6 Å². The van der Waals surface area contributed by atoms with Crippen LogP contribution >= 0.6 is 11.3 Å². The van der Waals surface area contributed by atoms with Crippen LogP contribution in [-0.4, -0.2) is 24.1 Å². The fourth-order valence-corrected chi connectivity index (χ4v) is 3.19. The Bertz CT molecular complexity index is 845. The van der Waals surface area contributed by atoms with Crippen molar-refractivity contribution < 1.29 is 14.6 Å². The van der Waals surface area contributed by atoms with Gasteiger partial charge in [-0.05, 0) is 30.2 Å². The predicted molar refractivity (Wildman–Crippen MR) is 97.0 cm³/mol. The molecule has 1 N–H and O–H groups in total. The van der Waals surface area contributed by atoms with Crippen molar-refractivity contribution in [2.24, 2.45) is 0 Å². The van der Waals surface area contributed by atoms with E-state index < -0.39 is 5.97 Å². The first-order valence-electron chi connectivity index (χ1n) is 7.84. The molecule has 0 aliphatic rings. The molecule has 25 heavy (non-hydrogen) atoms. The molecule has 0 unspecified atom stereocenters. The van der Waals surface area contributed by atoms with E-state index >= 15 is 0 Å². The number of carbonyl (C=O) groups excluding carboxylic acids is 1. The number of aromatic nitrogens is 1. The van der Waals surface area contributed by atoms with E-state index in [2.05, 4.69) is 22.4 Å². The number of aryl methyl sites for hydroxylation is 1. The highest BCUT2D eigenvalue weighted by atomic mass is 32.1. The van der Waals surface area contributed by atoms with Crippen molar-refractivity contribution in [3.63, 3.8) is 0 Å². The molecule has 0 aliphatic heterocycles. The summed E-state index contributed by atoms with van der Waals surface area (Å²) in [6.45, 7) is 2.63. The summed E-state index contributed by atoms with van der Waals surface area (Å²) in [5.74, 6) is -0.412. The number of rotatable bonds is 7. The summed E-state index contributed by atoms with van der Waals surface area (Å²) in [6.07, 6.45) is 0. The molecule has 0 spiro atoms. The number of hydrogen-bond donors (Lipinski definition) is 1. The Morgan fingerprint density at radius 2 is 1.80 bits per heavy atom. The van der Waals surface area contributed by atoms with E-state index in [1.54, 1.807) is 6.92 Å². The third-order valence-electron chi connectivity index (χ3n) is 3.59. The highest BCUT2D eigenvalue weighted by molar-refractivity contribution is 7.17. The second-order valence-electron chi connectivity index (χ2n) is 5.39. The van der Waals surface area contributed by atoms with Gasteiger partial charge in [-0.15, -0.1) is 0 Å². The SMILES string of the molecule is Cc1nc(NCCOc2ccc(-c3ccccc3)cc2)sc1C(=O)[O-]. The Balaban J connectivity index is 1.49. The molecule has 0 saturated carbocycles. The van der Waals surface area contributed by atoms with Gasteiger partial charge in [0.2, 0.25) is 0 Å². The molecule has 3 rings (SSSR count). The van der Waals surface area contributed by atoms with E-state index in [1.165, 1.54) is 5.56 Å². The zero-order chi connectivity index (χ0) is 17.6. The zero-order valence-electron chi connectivity index (χ0n) is 13.7. The number of thiazole rings is 1. The lowest BCUT2D eigenvalue weighted by molar-refractivity contribution is -0.254. The highest BCUT2D eigenvalue weighted by Gasteiger charge is 2.07. The van der Waals surface area contributed by atoms with Crippen molar-refractivity contribution in [3.8, 4) is 16.9 Å². The smallest absolute Gasteiger partial charge is 0.183 e. The van der Waals surface area contributed by atoms with E-state index in [4.69, 9.17) is 4.74 Å². The van der Waals surface area contributed by atoms with Crippen LogP contribution in [0.4, 0.5) is 5.13 Å². The van der Waals surface area contributed by atoms with Crippen molar-refractivity contribution in [2.75, 3.05) is 18.5 Å². The summed E-state index contributed by atoms with van der Waals surface area (Å²) in [5, 5.41) is 14.5. The van der Waals surface area contributed by atoms with Crippen LogP contribution in [0.5, 0.6) is 5.75 Å². The van der Waals surface area contributed by atoms with Gasteiger partial charge in [0.1, 0.15) is 12.4 Å². The Kier molecular flexibility index (Phi) is 5.30. The molecule has 1 heterocycles. The van der Waals surface area contributed by atoms with Crippen molar-refractivity contribution in [3.05, 3.63) is 65.2 Å². The van der Waals surface area contributed by atoms with E-state index in [9.17, 15) is 9.90 Å². The summed E-state index contributed by atoms with van der Waals surface area (Å²) in [7, 11) is 0. The quantitative estimate of drug-likeness (QED) is 0.661. The summed E-state index contributed by atoms with van der Waals surface area (Å²) in [4.78, 5) is 15.2. The van der Waals surface area contributed by atoms with Crippen LogP contribution < -0.4 is 15.2 Å². The number of anilines is 1. The molecule has 0 bridgehead atoms. The number of benzene rings is 2.